The number of nitrogens with one attached hydrogen (secondary N) is 1. The van der Waals surface area contributed by atoms with Gasteiger partial charge in [-0.1, -0.05) is 6.92 Å². The third kappa shape index (κ3) is 4.36. The van der Waals surface area contributed by atoms with E-state index in [0.29, 0.717) is 37.3 Å². The Labute approximate surface area is 157 Å². The molecule has 27 heavy (non-hydrogen) atoms. The van der Waals surface area contributed by atoms with Gasteiger partial charge >= 0.3 is 6.09 Å². The van der Waals surface area contributed by atoms with E-state index in [1.807, 2.05) is 13.8 Å². The second-order valence-electron chi connectivity index (χ2n) is 6.48. The van der Waals surface area contributed by atoms with E-state index in [1.54, 1.807) is 23.4 Å². The van der Waals surface area contributed by atoms with E-state index in [9.17, 15) is 9.59 Å². The number of primary amides is 1. The lowest BCUT2D eigenvalue weighted by molar-refractivity contribution is -0.113. The van der Waals surface area contributed by atoms with Crippen LogP contribution in [0.2, 0.25) is 0 Å². The van der Waals surface area contributed by atoms with Gasteiger partial charge in [-0.25, -0.2) is 14.8 Å². The van der Waals surface area contributed by atoms with Crippen LogP contribution in [0.15, 0.2) is 18.5 Å². The van der Waals surface area contributed by atoms with Crippen LogP contribution in [0.5, 0.6) is 0 Å². The molecule has 0 aromatic carbocycles. The molecule has 2 aromatic heterocycles. The second kappa shape index (κ2) is 8.07. The van der Waals surface area contributed by atoms with Gasteiger partial charge in [-0.15, -0.1) is 0 Å². The molecule has 0 aliphatic carbocycles. The van der Waals surface area contributed by atoms with Crippen LogP contribution in [0.25, 0.3) is 17.2 Å². The maximum atomic E-state index is 12.1. The molecule has 9 heteroatoms. The van der Waals surface area contributed by atoms with Gasteiger partial charge in [-0.3, -0.25) is 4.79 Å². The normalized spacial score (nSPS) is 16.1. The number of carbonyl (C=O) groups excluding carboxylic acids is 2. The minimum atomic E-state index is -0.520. The zero-order chi connectivity index (χ0) is 19.4. The molecule has 3 N–H and O–H groups in total. The number of piperazine rings is 1. The Morgan fingerprint density at radius 2 is 2.11 bits per heavy atom. The number of nitrogens with zero attached hydrogens (tertiary/aromatic N) is 4. The first kappa shape index (κ1) is 18.7. The number of rotatable bonds is 5. The fourth-order valence-electron chi connectivity index (χ4n) is 2.80. The van der Waals surface area contributed by atoms with Crippen LogP contribution >= 0.6 is 0 Å². The quantitative estimate of drug-likeness (QED) is 0.768. The summed E-state index contributed by atoms with van der Waals surface area (Å²) in [6, 6.07) is 0. The van der Waals surface area contributed by atoms with E-state index < -0.39 is 5.91 Å². The topological polar surface area (TPSA) is 117 Å². The minimum absolute atomic E-state index is 0.0794. The number of fused-ring (bicyclic) bond motifs is 1. The first-order valence-corrected chi connectivity index (χ1v) is 9.00. The van der Waals surface area contributed by atoms with Crippen LogP contribution in [0.3, 0.4) is 0 Å². The summed E-state index contributed by atoms with van der Waals surface area (Å²) in [4.78, 5) is 39.0. The molecule has 2 aromatic rings. The van der Waals surface area contributed by atoms with Crippen molar-refractivity contribution >= 4 is 35.1 Å². The summed E-state index contributed by atoms with van der Waals surface area (Å²) < 4.78 is 5.38. The Balaban J connectivity index is 1.69. The molecule has 0 radical (unpaired) electrons. The van der Waals surface area contributed by atoms with Crippen molar-refractivity contribution in [2.24, 2.45) is 5.73 Å². The molecular weight excluding hydrogens is 348 g/mol. The lowest BCUT2D eigenvalue weighted by Gasteiger charge is -2.35. The number of ether oxygens (including phenoxy) is 1. The smallest absolute Gasteiger partial charge is 0.410 e. The highest BCUT2D eigenvalue weighted by Crippen LogP contribution is 2.21. The van der Waals surface area contributed by atoms with Gasteiger partial charge < -0.3 is 25.3 Å². The molecule has 3 rings (SSSR count). The summed E-state index contributed by atoms with van der Waals surface area (Å²) in [5, 5.41) is 0. The summed E-state index contributed by atoms with van der Waals surface area (Å²) in [5.74, 6) is 0.208. The fourth-order valence-corrected chi connectivity index (χ4v) is 2.80. The molecule has 0 unspecified atom stereocenters. The van der Waals surface area contributed by atoms with Crippen molar-refractivity contribution < 1.29 is 14.3 Å². The fraction of sp³-hybridized carbons (Fsp3) is 0.444. The average Bonchev–Trinajstić information content (AvgIpc) is 3.08. The number of nitrogens with two attached hydrogens (primary N) is 1. The number of aromatic nitrogens is 3. The van der Waals surface area contributed by atoms with Crippen molar-refractivity contribution in [3.8, 4) is 0 Å². The van der Waals surface area contributed by atoms with Crippen molar-refractivity contribution in [2.45, 2.75) is 26.4 Å². The molecule has 0 spiro atoms. The Bertz CT molecular complexity index is 854. The van der Waals surface area contributed by atoms with Crippen molar-refractivity contribution in [3.63, 3.8) is 0 Å². The molecule has 3 heterocycles. The van der Waals surface area contributed by atoms with Gasteiger partial charge in [0.2, 0.25) is 5.91 Å². The molecule has 0 bridgehead atoms. The van der Waals surface area contributed by atoms with Gasteiger partial charge in [0, 0.05) is 44.0 Å². The number of carbonyl (C=O) groups is 2. The Morgan fingerprint density at radius 1 is 1.37 bits per heavy atom. The van der Waals surface area contributed by atoms with Gasteiger partial charge in [0.25, 0.3) is 0 Å². The van der Waals surface area contributed by atoms with Crippen LogP contribution in [-0.2, 0) is 9.53 Å². The van der Waals surface area contributed by atoms with Gasteiger partial charge in [0.15, 0.2) is 5.65 Å². The Morgan fingerprint density at radius 3 is 2.78 bits per heavy atom. The molecule has 9 nitrogen and oxygen atoms in total. The van der Waals surface area contributed by atoms with Gasteiger partial charge in [0.1, 0.15) is 17.4 Å². The third-order valence-electron chi connectivity index (χ3n) is 4.56. The van der Waals surface area contributed by atoms with Crippen LogP contribution < -0.4 is 10.6 Å². The number of anilines is 1. The summed E-state index contributed by atoms with van der Waals surface area (Å²) in [6.45, 7) is 6.30. The lowest BCUT2D eigenvalue weighted by Crippen LogP contribution is -2.49. The Hall–Kier alpha value is -3.10. The van der Waals surface area contributed by atoms with Gasteiger partial charge in [-0.2, -0.15) is 0 Å². The Kier molecular flexibility index (Phi) is 5.58. The number of hydrogen-bond donors (Lipinski definition) is 2. The van der Waals surface area contributed by atoms with E-state index in [4.69, 9.17) is 10.5 Å². The second-order valence-corrected chi connectivity index (χ2v) is 6.48. The minimum Gasteiger partial charge on any atom is -0.446 e. The maximum absolute atomic E-state index is 12.1. The molecular formula is C18H24N6O3. The number of hydrogen-bond acceptors (Lipinski definition) is 6. The highest BCUT2D eigenvalue weighted by atomic mass is 16.6. The van der Waals surface area contributed by atoms with Crippen molar-refractivity contribution in [1.29, 1.82) is 0 Å². The predicted octanol–water partition coefficient (Wildman–Crippen LogP) is 1.51. The SMILES string of the molecule is CC[C@@H](C)OC(=O)N1CCN(c2cnc3[nH]cc(/C=C/C(N)=O)c3n2)CC1. The summed E-state index contributed by atoms with van der Waals surface area (Å²) in [5.41, 5.74) is 7.21. The van der Waals surface area contributed by atoms with E-state index in [-0.39, 0.29) is 12.2 Å². The van der Waals surface area contributed by atoms with E-state index in [0.717, 1.165) is 17.8 Å². The molecule has 1 atom stereocenters. The molecule has 1 fully saturated rings. The van der Waals surface area contributed by atoms with Gasteiger partial charge in [0.05, 0.1) is 6.20 Å². The standard InChI is InChI=1S/C18H24N6O3/c1-3-12(2)27-18(26)24-8-6-23(7-9-24)15-11-21-17-16(22-15)13(10-20-17)4-5-14(19)25/h4-5,10-12H,3,6-9H2,1-2H3,(H2,19,25)(H,20,21)/b5-4+/t12-/m1/s1. The van der Waals surface area contributed by atoms with Crippen LogP contribution in [-0.4, -0.2) is 64.1 Å². The third-order valence-corrected chi connectivity index (χ3v) is 4.56. The highest BCUT2D eigenvalue weighted by Gasteiger charge is 2.24. The first-order valence-electron chi connectivity index (χ1n) is 9.00. The van der Waals surface area contributed by atoms with Crippen molar-refractivity contribution in [3.05, 3.63) is 24.0 Å². The number of aromatic amines is 1. The molecule has 0 saturated carbocycles. The molecule has 144 valence electrons. The predicted molar refractivity (Wildman–Crippen MR) is 102 cm³/mol. The molecule has 1 aliphatic rings. The van der Waals surface area contributed by atoms with E-state index in [1.165, 1.54) is 6.08 Å². The van der Waals surface area contributed by atoms with E-state index in [2.05, 4.69) is 19.9 Å². The number of H-pyrrole nitrogens is 1. The van der Waals surface area contributed by atoms with Crippen LogP contribution in [0.4, 0.5) is 10.6 Å². The van der Waals surface area contributed by atoms with Crippen LogP contribution in [0.1, 0.15) is 25.8 Å². The molecule has 2 amide bonds. The monoisotopic (exact) mass is 372 g/mol. The molecule has 1 aliphatic heterocycles. The maximum Gasteiger partial charge on any atom is 0.410 e. The largest absolute Gasteiger partial charge is 0.446 e. The summed E-state index contributed by atoms with van der Waals surface area (Å²) in [7, 11) is 0. The summed E-state index contributed by atoms with van der Waals surface area (Å²) in [6.07, 6.45) is 6.79. The molecule has 1 saturated heterocycles. The van der Waals surface area contributed by atoms with Crippen molar-refractivity contribution in [1.82, 2.24) is 19.9 Å². The van der Waals surface area contributed by atoms with E-state index >= 15 is 0 Å². The van der Waals surface area contributed by atoms with Crippen molar-refractivity contribution in [2.75, 3.05) is 31.1 Å². The highest BCUT2D eigenvalue weighted by molar-refractivity contribution is 5.93. The van der Waals surface area contributed by atoms with Crippen LogP contribution in [0, 0.1) is 0 Å². The average molecular weight is 372 g/mol. The zero-order valence-corrected chi connectivity index (χ0v) is 15.5. The summed E-state index contributed by atoms with van der Waals surface area (Å²) >= 11 is 0. The number of amides is 2. The zero-order valence-electron chi connectivity index (χ0n) is 15.5. The lowest BCUT2D eigenvalue weighted by atomic mass is 10.2. The van der Waals surface area contributed by atoms with Gasteiger partial charge in [-0.05, 0) is 19.4 Å². The first-order chi connectivity index (χ1) is 13.0.